The van der Waals surface area contributed by atoms with Gasteiger partial charge in [0.1, 0.15) is 17.1 Å². The Kier molecular flexibility index (Phi) is 5.03. The molecule has 0 atom stereocenters. The monoisotopic (exact) mass is 365 g/mol. The Labute approximate surface area is 137 Å². The van der Waals surface area contributed by atoms with Gasteiger partial charge in [0.25, 0.3) is 5.91 Å². The van der Waals surface area contributed by atoms with Crippen molar-refractivity contribution in [2.75, 3.05) is 14.2 Å². The first-order valence-electron chi connectivity index (χ1n) is 6.61. The van der Waals surface area contributed by atoms with E-state index in [0.717, 1.165) is 4.47 Å². The molecule has 1 aromatic carbocycles. The fraction of sp³-hybridized carbons (Fsp3) is 0.250. The fourth-order valence-corrected chi connectivity index (χ4v) is 2.48. The zero-order chi connectivity index (χ0) is 16.3. The molecule has 1 amide bonds. The van der Waals surface area contributed by atoms with Crippen LogP contribution in [-0.2, 0) is 11.3 Å². The average molecular weight is 366 g/mol. The second-order valence-electron chi connectivity index (χ2n) is 4.85. The standard InChI is InChI=1S/C16H16BrNO4/c1-10-14(16(20)21-3)8-13(22-10)9-18(2)15(19)11-5-4-6-12(17)7-11/h4-8H,9H2,1-3H3. The Morgan fingerprint density at radius 2 is 2.05 bits per heavy atom. The quantitative estimate of drug-likeness (QED) is 0.779. The highest BCUT2D eigenvalue weighted by atomic mass is 79.9. The van der Waals surface area contributed by atoms with Crippen LogP contribution in [-0.4, -0.2) is 30.9 Å². The highest BCUT2D eigenvalue weighted by Gasteiger charge is 2.18. The number of esters is 1. The van der Waals surface area contributed by atoms with E-state index in [1.807, 2.05) is 6.07 Å². The Morgan fingerprint density at radius 1 is 1.32 bits per heavy atom. The van der Waals surface area contributed by atoms with Gasteiger partial charge < -0.3 is 14.1 Å². The number of amides is 1. The number of carbonyl (C=O) groups is 2. The molecule has 2 rings (SSSR count). The number of nitrogens with zero attached hydrogens (tertiary/aromatic N) is 1. The third-order valence-corrected chi connectivity index (χ3v) is 3.68. The Bertz CT molecular complexity index is 708. The molecule has 6 heteroatoms. The van der Waals surface area contributed by atoms with E-state index in [1.54, 1.807) is 38.2 Å². The molecule has 0 aliphatic rings. The molecule has 0 saturated heterocycles. The van der Waals surface area contributed by atoms with E-state index in [1.165, 1.54) is 12.0 Å². The van der Waals surface area contributed by atoms with E-state index < -0.39 is 5.97 Å². The largest absolute Gasteiger partial charge is 0.465 e. The number of hydrogen-bond donors (Lipinski definition) is 0. The van der Waals surface area contributed by atoms with Gasteiger partial charge in [0.15, 0.2) is 0 Å². The van der Waals surface area contributed by atoms with Gasteiger partial charge in [0.2, 0.25) is 0 Å². The lowest BCUT2D eigenvalue weighted by Gasteiger charge is -2.15. The molecular weight excluding hydrogens is 350 g/mol. The van der Waals surface area contributed by atoms with Crippen molar-refractivity contribution in [1.29, 1.82) is 0 Å². The summed E-state index contributed by atoms with van der Waals surface area (Å²) in [6, 6.07) is 8.77. The summed E-state index contributed by atoms with van der Waals surface area (Å²) in [7, 11) is 3.00. The molecule has 0 spiro atoms. The molecule has 1 heterocycles. The van der Waals surface area contributed by atoms with E-state index in [-0.39, 0.29) is 12.5 Å². The van der Waals surface area contributed by atoms with E-state index in [0.29, 0.717) is 22.6 Å². The van der Waals surface area contributed by atoms with Gasteiger partial charge in [-0.3, -0.25) is 4.79 Å². The number of carbonyl (C=O) groups excluding carboxylic acids is 2. The molecule has 22 heavy (non-hydrogen) atoms. The minimum Gasteiger partial charge on any atom is -0.465 e. The summed E-state index contributed by atoms with van der Waals surface area (Å²) in [6.07, 6.45) is 0. The zero-order valence-electron chi connectivity index (χ0n) is 12.6. The lowest BCUT2D eigenvalue weighted by molar-refractivity contribution is 0.0598. The van der Waals surface area contributed by atoms with E-state index in [9.17, 15) is 9.59 Å². The Hall–Kier alpha value is -2.08. The third kappa shape index (κ3) is 3.57. The maximum absolute atomic E-state index is 12.4. The van der Waals surface area contributed by atoms with Crippen LogP contribution in [0.1, 0.15) is 32.2 Å². The zero-order valence-corrected chi connectivity index (χ0v) is 14.1. The average Bonchev–Trinajstić information content (AvgIpc) is 2.86. The summed E-state index contributed by atoms with van der Waals surface area (Å²) in [4.78, 5) is 25.4. The number of ether oxygens (including phenoxy) is 1. The molecule has 0 saturated carbocycles. The van der Waals surface area contributed by atoms with Crippen LogP contribution in [0, 0.1) is 6.92 Å². The van der Waals surface area contributed by atoms with Crippen LogP contribution in [0.2, 0.25) is 0 Å². The van der Waals surface area contributed by atoms with Gasteiger partial charge in [-0.25, -0.2) is 4.79 Å². The van der Waals surface area contributed by atoms with E-state index in [4.69, 9.17) is 4.42 Å². The van der Waals surface area contributed by atoms with Crippen LogP contribution in [0.3, 0.4) is 0 Å². The maximum Gasteiger partial charge on any atom is 0.341 e. The van der Waals surface area contributed by atoms with Crippen molar-refractivity contribution in [3.63, 3.8) is 0 Å². The first kappa shape index (κ1) is 16.3. The van der Waals surface area contributed by atoms with Gasteiger partial charge in [-0.05, 0) is 31.2 Å². The first-order chi connectivity index (χ1) is 10.4. The summed E-state index contributed by atoms with van der Waals surface area (Å²) in [6.45, 7) is 1.95. The normalized spacial score (nSPS) is 10.4. The highest BCUT2D eigenvalue weighted by molar-refractivity contribution is 9.10. The van der Waals surface area contributed by atoms with E-state index in [2.05, 4.69) is 20.7 Å². The van der Waals surface area contributed by atoms with Crippen LogP contribution >= 0.6 is 15.9 Å². The van der Waals surface area contributed by atoms with Gasteiger partial charge in [-0.15, -0.1) is 0 Å². The number of methoxy groups -OCH3 is 1. The molecule has 0 N–H and O–H groups in total. The minimum atomic E-state index is -0.450. The molecule has 2 aromatic rings. The minimum absolute atomic E-state index is 0.130. The van der Waals surface area contributed by atoms with Crippen LogP contribution in [0.25, 0.3) is 0 Å². The molecule has 116 valence electrons. The second kappa shape index (κ2) is 6.79. The summed E-state index contributed by atoms with van der Waals surface area (Å²) in [5.41, 5.74) is 0.953. The second-order valence-corrected chi connectivity index (χ2v) is 5.76. The number of rotatable bonds is 4. The molecule has 0 aliphatic heterocycles. The number of hydrogen-bond acceptors (Lipinski definition) is 4. The molecule has 0 unspecified atom stereocenters. The molecule has 1 aromatic heterocycles. The van der Waals surface area contributed by atoms with Crippen LogP contribution in [0.5, 0.6) is 0 Å². The first-order valence-corrected chi connectivity index (χ1v) is 7.40. The lowest BCUT2D eigenvalue weighted by atomic mass is 10.2. The number of halogens is 1. The predicted octanol–water partition coefficient (Wildman–Crippen LogP) is 3.41. The van der Waals surface area contributed by atoms with Gasteiger partial charge in [-0.1, -0.05) is 22.0 Å². The van der Waals surface area contributed by atoms with Gasteiger partial charge in [0, 0.05) is 17.1 Å². The molecule has 0 bridgehead atoms. The van der Waals surface area contributed by atoms with Gasteiger partial charge >= 0.3 is 5.97 Å². The fourth-order valence-electron chi connectivity index (χ4n) is 2.08. The van der Waals surface area contributed by atoms with Crippen molar-refractivity contribution < 1.29 is 18.7 Å². The van der Waals surface area contributed by atoms with Crippen molar-refractivity contribution in [3.8, 4) is 0 Å². The number of aryl methyl sites for hydroxylation is 1. The van der Waals surface area contributed by atoms with Crippen molar-refractivity contribution in [2.24, 2.45) is 0 Å². The molecule has 5 nitrogen and oxygen atoms in total. The summed E-state index contributed by atoms with van der Waals surface area (Å²) < 4.78 is 11.0. The maximum atomic E-state index is 12.4. The molecule has 0 fully saturated rings. The SMILES string of the molecule is COC(=O)c1cc(CN(C)C(=O)c2cccc(Br)c2)oc1C. The van der Waals surface area contributed by atoms with Crippen molar-refractivity contribution in [3.05, 3.63) is 57.5 Å². The third-order valence-electron chi connectivity index (χ3n) is 3.19. The number of benzene rings is 1. The number of furan rings is 1. The topological polar surface area (TPSA) is 59.8 Å². The summed E-state index contributed by atoms with van der Waals surface area (Å²) >= 11 is 3.34. The van der Waals surface area contributed by atoms with Crippen LogP contribution in [0.4, 0.5) is 0 Å². The van der Waals surface area contributed by atoms with Gasteiger partial charge in [0.05, 0.1) is 13.7 Å². The predicted molar refractivity (Wildman–Crippen MR) is 84.7 cm³/mol. The molecular formula is C16H16BrNO4. The Morgan fingerprint density at radius 3 is 2.68 bits per heavy atom. The molecule has 0 radical (unpaired) electrons. The molecule has 0 aliphatic carbocycles. The Balaban J connectivity index is 2.13. The van der Waals surface area contributed by atoms with Crippen molar-refractivity contribution in [2.45, 2.75) is 13.5 Å². The van der Waals surface area contributed by atoms with Crippen molar-refractivity contribution >= 4 is 27.8 Å². The smallest absolute Gasteiger partial charge is 0.341 e. The lowest BCUT2D eigenvalue weighted by Crippen LogP contribution is -2.25. The highest BCUT2D eigenvalue weighted by Crippen LogP contribution is 2.18. The van der Waals surface area contributed by atoms with Gasteiger partial charge in [-0.2, -0.15) is 0 Å². The summed E-state index contributed by atoms with van der Waals surface area (Å²) in [5, 5.41) is 0. The van der Waals surface area contributed by atoms with E-state index >= 15 is 0 Å². The van der Waals surface area contributed by atoms with Crippen LogP contribution < -0.4 is 0 Å². The van der Waals surface area contributed by atoms with Crippen LogP contribution in [0.15, 0.2) is 39.2 Å². The van der Waals surface area contributed by atoms with Crippen molar-refractivity contribution in [1.82, 2.24) is 4.90 Å². The summed E-state index contributed by atoms with van der Waals surface area (Å²) in [5.74, 6) is 0.428.